The molecule has 0 atom stereocenters. The molecule has 0 amide bonds. The number of fused-ring (bicyclic) bond motifs is 27. The molecule has 96 heavy (non-hydrogen) atoms. The van der Waals surface area contributed by atoms with E-state index in [1.54, 1.807) is 0 Å². The first kappa shape index (κ1) is 52.3. The molecule has 0 N–H and O–H groups in total. The molecule has 2 aliphatic heterocycles. The van der Waals surface area contributed by atoms with Crippen LogP contribution in [0.25, 0.3) is 94.3 Å². The fourth-order valence-corrected chi connectivity index (χ4v) is 19.0. The van der Waals surface area contributed by atoms with Gasteiger partial charge in [0.2, 0.25) is 0 Å². The van der Waals surface area contributed by atoms with Gasteiger partial charge in [-0.15, -0.1) is 0 Å². The molecule has 6 aliphatic rings. The van der Waals surface area contributed by atoms with Gasteiger partial charge in [0, 0.05) is 44.8 Å². The molecule has 22 rings (SSSR count). The highest BCUT2D eigenvalue weighted by Crippen LogP contribution is 2.67. The first-order valence-corrected chi connectivity index (χ1v) is 33.7. The molecule has 1 aromatic heterocycles. The van der Waals surface area contributed by atoms with E-state index in [9.17, 15) is 0 Å². The molecule has 442 valence electrons. The van der Waals surface area contributed by atoms with E-state index in [1.165, 1.54) is 149 Å². The number of para-hydroxylation sites is 2. The van der Waals surface area contributed by atoms with Crippen LogP contribution in [0.3, 0.4) is 0 Å². The van der Waals surface area contributed by atoms with Gasteiger partial charge in [0.15, 0.2) is 0 Å². The lowest BCUT2D eigenvalue weighted by molar-refractivity contribution is 0.793. The Kier molecular flexibility index (Phi) is 10.5. The van der Waals surface area contributed by atoms with Crippen LogP contribution < -0.4 is 26.2 Å². The van der Waals surface area contributed by atoms with Gasteiger partial charge in [-0.05, 0) is 177 Å². The molecule has 4 heteroatoms. The SMILES string of the molecule is c1ccc(-c2ccc3c(c2)B2c4cc(-c5ccccc5)ccc4N(c4cccc5c4-c4ccccc4C54c5ccccc5-c5ccccc54)c4cc(-n5c6ccccc6c6ccccc65)cc(c42)N3c2ccc3c(c2)C2(c4ccccc4-c4ccccc42)c2ccccc2-3)cc1. The van der Waals surface area contributed by atoms with Gasteiger partial charge in [-0.3, -0.25) is 0 Å². The summed E-state index contributed by atoms with van der Waals surface area (Å²) in [5, 5.41) is 2.45. The summed E-state index contributed by atoms with van der Waals surface area (Å²) in [6.07, 6.45) is 0. The molecule has 0 bridgehead atoms. The molecule has 0 saturated heterocycles. The minimum atomic E-state index is -0.553. The molecule has 4 aliphatic carbocycles. The van der Waals surface area contributed by atoms with Gasteiger partial charge in [0.25, 0.3) is 6.71 Å². The Bertz CT molecular complexity index is 5910. The van der Waals surface area contributed by atoms with E-state index in [2.05, 4.69) is 354 Å². The zero-order valence-corrected chi connectivity index (χ0v) is 52.3. The van der Waals surface area contributed by atoms with Crippen molar-refractivity contribution in [3.63, 3.8) is 0 Å². The van der Waals surface area contributed by atoms with Crippen molar-refractivity contribution >= 4 is 79.0 Å². The maximum Gasteiger partial charge on any atom is 0.252 e. The number of hydrogen-bond acceptors (Lipinski definition) is 2. The van der Waals surface area contributed by atoms with Crippen molar-refractivity contribution in [2.45, 2.75) is 10.8 Å². The van der Waals surface area contributed by atoms with Crippen LogP contribution in [-0.2, 0) is 10.8 Å². The summed E-state index contributed by atoms with van der Waals surface area (Å²) in [6, 6.07) is 130. The fourth-order valence-electron chi connectivity index (χ4n) is 19.0. The highest BCUT2D eigenvalue weighted by molar-refractivity contribution is 7.00. The number of aromatic nitrogens is 1. The van der Waals surface area contributed by atoms with Crippen molar-refractivity contribution < 1.29 is 0 Å². The van der Waals surface area contributed by atoms with Crippen molar-refractivity contribution in [2.24, 2.45) is 0 Å². The molecule has 0 radical (unpaired) electrons. The maximum atomic E-state index is 2.70. The molecule has 0 fully saturated rings. The summed E-state index contributed by atoms with van der Waals surface area (Å²) in [4.78, 5) is 5.36. The Balaban J connectivity index is 0.888. The number of hydrogen-bond donors (Lipinski definition) is 0. The molecular formula is C92H56BN3. The number of benzene rings is 15. The van der Waals surface area contributed by atoms with E-state index in [1.807, 2.05) is 0 Å². The summed E-state index contributed by atoms with van der Waals surface area (Å²) in [6.45, 7) is -0.199. The van der Waals surface area contributed by atoms with Crippen molar-refractivity contribution in [3.8, 4) is 72.4 Å². The minimum absolute atomic E-state index is 0.199. The van der Waals surface area contributed by atoms with E-state index >= 15 is 0 Å². The lowest BCUT2D eigenvalue weighted by Gasteiger charge is -2.45. The second-order valence-corrected chi connectivity index (χ2v) is 26.9. The maximum absolute atomic E-state index is 2.70. The lowest BCUT2D eigenvalue weighted by atomic mass is 9.33. The molecule has 3 nitrogen and oxygen atoms in total. The van der Waals surface area contributed by atoms with Gasteiger partial charge in [0.05, 0.1) is 33.2 Å². The van der Waals surface area contributed by atoms with Crippen LogP contribution >= 0.6 is 0 Å². The van der Waals surface area contributed by atoms with Crippen LogP contribution in [0.5, 0.6) is 0 Å². The molecule has 0 saturated carbocycles. The average molecular weight is 1210 g/mol. The molecule has 3 heterocycles. The summed E-state index contributed by atoms with van der Waals surface area (Å²) in [5.74, 6) is 0. The fraction of sp³-hybridized carbons (Fsp3) is 0.0217. The Labute approximate surface area is 557 Å². The van der Waals surface area contributed by atoms with Crippen LogP contribution in [0, 0.1) is 0 Å². The van der Waals surface area contributed by atoms with E-state index < -0.39 is 10.8 Å². The van der Waals surface area contributed by atoms with Crippen molar-refractivity contribution in [2.75, 3.05) is 9.80 Å². The van der Waals surface area contributed by atoms with E-state index in [0.29, 0.717) is 0 Å². The van der Waals surface area contributed by atoms with Crippen molar-refractivity contribution in [1.29, 1.82) is 0 Å². The average Bonchev–Trinajstić information content (AvgIpc) is 1.37. The van der Waals surface area contributed by atoms with Crippen LogP contribution in [0.15, 0.2) is 340 Å². The molecule has 2 spiro atoms. The van der Waals surface area contributed by atoms with Gasteiger partial charge in [0.1, 0.15) is 0 Å². The van der Waals surface area contributed by atoms with Gasteiger partial charge in [-0.2, -0.15) is 0 Å². The summed E-state index contributed by atoms with van der Waals surface area (Å²) in [7, 11) is 0. The quantitative estimate of drug-likeness (QED) is 0.159. The highest BCUT2D eigenvalue weighted by Gasteiger charge is 2.55. The number of anilines is 6. The third-order valence-corrected chi connectivity index (χ3v) is 22.6. The van der Waals surface area contributed by atoms with Gasteiger partial charge in [-0.1, -0.05) is 285 Å². The lowest BCUT2D eigenvalue weighted by Crippen LogP contribution is -2.61. The third-order valence-electron chi connectivity index (χ3n) is 22.6. The Hall–Kier alpha value is -12.2. The van der Waals surface area contributed by atoms with Crippen LogP contribution in [0.4, 0.5) is 34.1 Å². The first-order valence-electron chi connectivity index (χ1n) is 33.7. The van der Waals surface area contributed by atoms with Crippen molar-refractivity contribution in [1.82, 2.24) is 4.57 Å². The van der Waals surface area contributed by atoms with Crippen LogP contribution in [-0.4, -0.2) is 11.3 Å². The predicted octanol–water partition coefficient (Wildman–Crippen LogP) is 20.9. The van der Waals surface area contributed by atoms with Crippen LogP contribution in [0.2, 0.25) is 0 Å². The zero-order valence-electron chi connectivity index (χ0n) is 52.3. The number of rotatable bonds is 5. The topological polar surface area (TPSA) is 11.4 Å². The Morgan fingerprint density at radius 2 is 0.625 bits per heavy atom. The summed E-state index contributed by atoms with van der Waals surface area (Å²) in [5.41, 5.74) is 38.6. The monoisotopic (exact) mass is 1210 g/mol. The predicted molar refractivity (Wildman–Crippen MR) is 398 cm³/mol. The molecule has 16 aromatic rings. The third kappa shape index (κ3) is 6.58. The van der Waals surface area contributed by atoms with Crippen molar-refractivity contribution in [3.05, 3.63) is 384 Å². The summed E-state index contributed by atoms with van der Waals surface area (Å²) < 4.78 is 2.54. The molecule has 15 aromatic carbocycles. The Morgan fingerprint density at radius 3 is 1.14 bits per heavy atom. The normalized spacial score (nSPS) is 14.4. The largest absolute Gasteiger partial charge is 0.311 e. The van der Waals surface area contributed by atoms with Gasteiger partial charge < -0.3 is 14.4 Å². The van der Waals surface area contributed by atoms with Crippen LogP contribution in [0.1, 0.15) is 44.5 Å². The first-order chi connectivity index (χ1) is 47.7. The zero-order chi connectivity index (χ0) is 62.5. The van der Waals surface area contributed by atoms with E-state index in [-0.39, 0.29) is 6.71 Å². The van der Waals surface area contributed by atoms with Gasteiger partial charge >= 0.3 is 0 Å². The smallest absolute Gasteiger partial charge is 0.252 e. The molecular weight excluding hydrogens is 1160 g/mol. The highest BCUT2D eigenvalue weighted by atomic mass is 15.2. The summed E-state index contributed by atoms with van der Waals surface area (Å²) >= 11 is 0. The molecule has 0 unspecified atom stereocenters. The van der Waals surface area contributed by atoms with E-state index in [0.717, 1.165) is 39.8 Å². The standard InChI is InChI=1S/C92H56BN3/c1-3-24-57(25-4-1)59-46-50-84-80(52-59)93-81-53-60(58-26-5-2-6-27-58)47-51-85(81)96(86-45-23-42-78-89(86)71-35-12-20-41-77(71)91(78)72-36-15-7-28-63(72)64-29-8-16-37-73(64)91)88-56-62(95-82-43-21-13-33-69(82)70-34-14-22-44-83(70)95)55-87(90(88)93)94(84)61-48-49-68-67-32-11-19-40-76(67)92(79(68)54-61)74-38-17-9-30-65(74)66-31-10-18-39-75(66)92/h1-56H. The van der Waals surface area contributed by atoms with E-state index in [4.69, 9.17) is 0 Å². The second kappa shape index (κ2) is 19.2. The minimum Gasteiger partial charge on any atom is -0.311 e. The number of nitrogens with zero attached hydrogens (tertiary/aromatic N) is 3. The Morgan fingerprint density at radius 1 is 0.229 bits per heavy atom. The second-order valence-electron chi connectivity index (χ2n) is 26.9. The van der Waals surface area contributed by atoms with Gasteiger partial charge in [-0.25, -0.2) is 0 Å².